The van der Waals surface area contributed by atoms with Crippen molar-refractivity contribution < 1.29 is 0 Å². The van der Waals surface area contributed by atoms with E-state index >= 15 is 0 Å². The molecule has 0 saturated carbocycles. The third-order valence-electron chi connectivity index (χ3n) is 11.0. The lowest BCUT2D eigenvalue weighted by Gasteiger charge is -2.34. The molecule has 0 aliphatic heterocycles. The van der Waals surface area contributed by atoms with Gasteiger partial charge in [-0.1, -0.05) is 164 Å². The van der Waals surface area contributed by atoms with E-state index in [4.69, 9.17) is 9.97 Å². The van der Waals surface area contributed by atoms with E-state index < -0.39 is 5.41 Å². The van der Waals surface area contributed by atoms with Crippen molar-refractivity contribution in [3.8, 4) is 62.2 Å². The van der Waals surface area contributed by atoms with Crippen LogP contribution in [0, 0.1) is 11.3 Å². The summed E-state index contributed by atoms with van der Waals surface area (Å²) in [5, 5.41) is 12.4. The van der Waals surface area contributed by atoms with Gasteiger partial charge in [-0.3, -0.25) is 0 Å². The highest BCUT2D eigenvalue weighted by Gasteiger charge is 2.46. The summed E-state index contributed by atoms with van der Waals surface area (Å²) in [6.45, 7) is 0. The van der Waals surface area contributed by atoms with Gasteiger partial charge in [-0.2, -0.15) is 5.26 Å². The summed E-state index contributed by atoms with van der Waals surface area (Å²) in [6, 6.07) is 72.7. The zero-order valence-corrected chi connectivity index (χ0v) is 29.9. The lowest BCUT2D eigenvalue weighted by atomic mass is 9.67. The number of nitrogens with zero attached hydrogens (tertiary/aromatic N) is 3. The highest BCUT2D eigenvalue weighted by molar-refractivity contribution is 5.90. The number of hydrogen-bond acceptors (Lipinski definition) is 3. The van der Waals surface area contributed by atoms with Gasteiger partial charge in [0.15, 0.2) is 5.82 Å². The second-order valence-corrected chi connectivity index (χ2v) is 14.1. The van der Waals surface area contributed by atoms with Crippen LogP contribution in [0.15, 0.2) is 200 Å². The van der Waals surface area contributed by atoms with Crippen LogP contribution in [0.3, 0.4) is 0 Å². The van der Waals surface area contributed by atoms with E-state index in [1.807, 2.05) is 24.3 Å². The van der Waals surface area contributed by atoms with Crippen molar-refractivity contribution in [1.82, 2.24) is 9.97 Å². The number of fused-ring (bicyclic) bond motifs is 4. The zero-order valence-electron chi connectivity index (χ0n) is 29.9. The fraction of sp³-hybridized carbons (Fsp3) is 0.0192. The number of hydrogen-bond donors (Lipinski definition) is 0. The molecule has 0 radical (unpaired) electrons. The van der Waals surface area contributed by atoms with Crippen LogP contribution in [0.5, 0.6) is 0 Å². The van der Waals surface area contributed by atoms with E-state index in [9.17, 15) is 5.26 Å². The Hall–Kier alpha value is -7.41. The highest BCUT2D eigenvalue weighted by Crippen LogP contribution is 2.57. The smallest absolute Gasteiger partial charge is 0.160 e. The van der Waals surface area contributed by atoms with E-state index in [1.54, 1.807) is 0 Å². The Morgan fingerprint density at radius 1 is 0.382 bits per heavy atom. The van der Waals surface area contributed by atoms with E-state index in [1.165, 1.54) is 16.5 Å². The molecule has 0 spiro atoms. The Morgan fingerprint density at radius 2 is 0.927 bits per heavy atom. The van der Waals surface area contributed by atoms with Gasteiger partial charge in [0.1, 0.15) is 0 Å². The molecule has 0 unspecified atom stereocenters. The molecule has 8 aromatic carbocycles. The molecular weight excluding hydrogens is 667 g/mol. The Labute approximate surface area is 320 Å². The van der Waals surface area contributed by atoms with Crippen LogP contribution in [-0.4, -0.2) is 9.97 Å². The lowest BCUT2D eigenvalue weighted by Crippen LogP contribution is -2.28. The van der Waals surface area contributed by atoms with Crippen LogP contribution >= 0.6 is 0 Å². The van der Waals surface area contributed by atoms with Crippen molar-refractivity contribution in [2.24, 2.45) is 0 Å². The second kappa shape index (κ2) is 13.2. The molecule has 55 heavy (non-hydrogen) atoms. The minimum absolute atomic E-state index is 0.611. The molecule has 256 valence electrons. The molecule has 1 aromatic heterocycles. The third kappa shape index (κ3) is 5.43. The predicted octanol–water partition coefficient (Wildman–Crippen LogP) is 12.5. The number of nitriles is 1. The predicted molar refractivity (Wildman–Crippen MR) is 223 cm³/mol. The van der Waals surface area contributed by atoms with Crippen LogP contribution in [-0.2, 0) is 5.41 Å². The minimum Gasteiger partial charge on any atom is -0.228 e. The normalized spacial score (nSPS) is 12.5. The first-order valence-corrected chi connectivity index (χ1v) is 18.5. The standard InChI is InChI=1S/C52H33N3/c53-34-35-23-27-45-46-28-26-40(32-48(46)52(47(45)29-35,43-19-6-2-7-20-43)44-21-8-3-9-22-44)39-17-12-18-41(30-39)50-33-49(37-14-4-1-5-15-37)54-51(55-50)42-25-24-36-13-10-11-16-38(36)31-42/h1-33H. The molecule has 0 fully saturated rings. The van der Waals surface area contributed by atoms with E-state index in [0.29, 0.717) is 11.4 Å². The van der Waals surface area contributed by atoms with Crippen LogP contribution < -0.4 is 0 Å². The first-order valence-electron chi connectivity index (χ1n) is 18.5. The molecule has 0 amide bonds. The van der Waals surface area contributed by atoms with Crippen LogP contribution in [0.1, 0.15) is 27.8 Å². The summed E-state index contributed by atoms with van der Waals surface area (Å²) in [6.07, 6.45) is 0. The van der Waals surface area contributed by atoms with Gasteiger partial charge in [0.05, 0.1) is 28.4 Å². The molecule has 0 N–H and O–H groups in total. The van der Waals surface area contributed by atoms with Crippen molar-refractivity contribution in [3.63, 3.8) is 0 Å². The first-order chi connectivity index (χ1) is 27.2. The molecule has 9 aromatic rings. The van der Waals surface area contributed by atoms with Gasteiger partial charge in [0.2, 0.25) is 0 Å². The van der Waals surface area contributed by atoms with Crippen LogP contribution in [0.25, 0.3) is 66.9 Å². The molecule has 0 bridgehead atoms. The quantitative estimate of drug-likeness (QED) is 0.174. The monoisotopic (exact) mass is 699 g/mol. The average Bonchev–Trinajstić information content (AvgIpc) is 3.56. The lowest BCUT2D eigenvalue weighted by molar-refractivity contribution is 0.768. The van der Waals surface area contributed by atoms with Crippen molar-refractivity contribution in [1.29, 1.82) is 5.26 Å². The van der Waals surface area contributed by atoms with Gasteiger partial charge in [-0.25, -0.2) is 9.97 Å². The van der Waals surface area contributed by atoms with Crippen molar-refractivity contribution in [2.45, 2.75) is 5.41 Å². The number of rotatable bonds is 6. The molecule has 0 saturated heterocycles. The summed E-state index contributed by atoms with van der Waals surface area (Å²) in [7, 11) is 0. The second-order valence-electron chi connectivity index (χ2n) is 14.1. The van der Waals surface area contributed by atoms with Crippen molar-refractivity contribution >= 4 is 10.8 Å². The molecule has 1 aliphatic rings. The minimum atomic E-state index is -0.611. The third-order valence-corrected chi connectivity index (χ3v) is 11.0. The summed E-state index contributed by atoms with van der Waals surface area (Å²) in [5.41, 5.74) is 14.0. The van der Waals surface area contributed by atoms with Crippen LogP contribution in [0.2, 0.25) is 0 Å². The van der Waals surface area contributed by atoms with Crippen molar-refractivity contribution in [2.75, 3.05) is 0 Å². The maximum absolute atomic E-state index is 10.1. The molecule has 3 heteroatoms. The summed E-state index contributed by atoms with van der Waals surface area (Å²) < 4.78 is 0. The van der Waals surface area contributed by atoms with Gasteiger partial charge in [-0.15, -0.1) is 0 Å². The molecule has 1 aliphatic carbocycles. The molecule has 0 atom stereocenters. The molecule has 3 nitrogen and oxygen atoms in total. The SMILES string of the molecule is N#Cc1ccc2c(c1)C(c1ccccc1)(c1ccccc1)c1cc(-c3cccc(-c4cc(-c5ccccc5)nc(-c5ccc6ccccc6c5)n4)c3)ccc1-2. The molecular formula is C52H33N3. The largest absolute Gasteiger partial charge is 0.228 e. The Balaban J connectivity index is 1.15. The fourth-order valence-electron chi connectivity index (χ4n) is 8.41. The first kappa shape index (κ1) is 32.3. The van der Waals surface area contributed by atoms with Gasteiger partial charge in [0, 0.05) is 16.7 Å². The topological polar surface area (TPSA) is 49.6 Å². The van der Waals surface area contributed by atoms with E-state index in [0.717, 1.165) is 66.8 Å². The highest BCUT2D eigenvalue weighted by atomic mass is 14.9. The van der Waals surface area contributed by atoms with Crippen molar-refractivity contribution in [3.05, 3.63) is 228 Å². The van der Waals surface area contributed by atoms with Gasteiger partial charge in [-0.05, 0) is 91.7 Å². The molecule has 10 rings (SSSR count). The Morgan fingerprint density at radius 3 is 1.64 bits per heavy atom. The maximum Gasteiger partial charge on any atom is 0.160 e. The Kier molecular flexibility index (Phi) is 7.75. The summed E-state index contributed by atoms with van der Waals surface area (Å²) >= 11 is 0. The summed E-state index contributed by atoms with van der Waals surface area (Å²) in [5.74, 6) is 0.690. The fourth-order valence-corrected chi connectivity index (χ4v) is 8.41. The van der Waals surface area contributed by atoms with Crippen LogP contribution in [0.4, 0.5) is 0 Å². The number of benzene rings is 8. The zero-order chi connectivity index (χ0) is 36.8. The molecule has 1 heterocycles. The Bertz CT molecular complexity index is 2890. The maximum atomic E-state index is 10.1. The van der Waals surface area contributed by atoms with Gasteiger partial charge < -0.3 is 0 Å². The van der Waals surface area contributed by atoms with Gasteiger partial charge >= 0.3 is 0 Å². The summed E-state index contributed by atoms with van der Waals surface area (Å²) in [4.78, 5) is 10.3. The average molecular weight is 700 g/mol. The number of aromatic nitrogens is 2. The van der Waals surface area contributed by atoms with E-state index in [2.05, 4.69) is 182 Å². The van der Waals surface area contributed by atoms with Gasteiger partial charge in [0.25, 0.3) is 0 Å². The van der Waals surface area contributed by atoms with E-state index in [-0.39, 0.29) is 0 Å².